The summed E-state index contributed by atoms with van der Waals surface area (Å²) >= 11 is 0. The fourth-order valence-corrected chi connectivity index (χ4v) is 4.69. The van der Waals surface area contributed by atoms with Crippen molar-refractivity contribution in [2.45, 2.75) is 103 Å². The molecule has 9 heteroatoms. The van der Waals surface area contributed by atoms with Gasteiger partial charge in [-0.25, -0.2) is 4.79 Å². The molecule has 1 aromatic rings. The van der Waals surface area contributed by atoms with E-state index in [1.807, 2.05) is 32.0 Å². The minimum atomic E-state index is -1.13. The van der Waals surface area contributed by atoms with Crippen LogP contribution in [-0.2, 0) is 19.1 Å². The smallest absolute Gasteiger partial charge is 0.408 e. The Labute approximate surface area is 226 Å². The first-order chi connectivity index (χ1) is 17.8. The van der Waals surface area contributed by atoms with Gasteiger partial charge in [0.2, 0.25) is 17.7 Å². The second-order valence-electron chi connectivity index (χ2n) is 11.1. The van der Waals surface area contributed by atoms with E-state index in [9.17, 15) is 19.2 Å². The van der Waals surface area contributed by atoms with Crippen molar-refractivity contribution >= 4 is 23.8 Å². The molecule has 4 amide bonds. The molecule has 2 atom stereocenters. The monoisotopic (exact) mass is 528 g/mol. The molecular formula is C29H44N4O5. The van der Waals surface area contributed by atoms with E-state index in [-0.39, 0.29) is 31.3 Å². The Morgan fingerprint density at radius 1 is 1.16 bits per heavy atom. The molecule has 1 aliphatic rings. The summed E-state index contributed by atoms with van der Waals surface area (Å²) in [6.45, 7) is 12.8. The second-order valence-corrected chi connectivity index (χ2v) is 11.1. The summed E-state index contributed by atoms with van der Waals surface area (Å²) in [5, 5.41) is 5.76. The first-order valence-electron chi connectivity index (χ1n) is 13.4. The third-order valence-corrected chi connectivity index (χ3v) is 6.52. The highest BCUT2D eigenvalue weighted by atomic mass is 16.6. The number of aryl methyl sites for hydroxylation is 2. The standard InChI is InChI=1S/C29H44N4O5/c1-7-17-33(27(36)23(15-16-24(30)34)32-28(37)38-29(4,5)6)25(22-18-19(2)13-14-20(22)3)26(35)31-21-11-9-8-10-12-21/h7,13-14,18,21,23,25H,1,8-12,15-17H2,2-6H3,(H2,30,34)(H,31,35)(H,32,37). The van der Waals surface area contributed by atoms with Crippen LogP contribution >= 0.6 is 0 Å². The number of ether oxygens (including phenoxy) is 1. The zero-order valence-corrected chi connectivity index (χ0v) is 23.5. The number of nitrogens with two attached hydrogens (primary N) is 1. The van der Waals surface area contributed by atoms with Crippen molar-refractivity contribution in [3.8, 4) is 0 Å². The molecule has 1 saturated carbocycles. The summed E-state index contributed by atoms with van der Waals surface area (Å²) in [6.07, 6.45) is 5.60. The van der Waals surface area contributed by atoms with Crippen LogP contribution in [0.1, 0.15) is 88.4 Å². The molecule has 4 N–H and O–H groups in total. The van der Waals surface area contributed by atoms with Crippen molar-refractivity contribution in [3.05, 3.63) is 47.5 Å². The van der Waals surface area contributed by atoms with Gasteiger partial charge in [-0.2, -0.15) is 0 Å². The van der Waals surface area contributed by atoms with Gasteiger partial charge in [0.05, 0.1) is 0 Å². The quantitative estimate of drug-likeness (QED) is 0.374. The van der Waals surface area contributed by atoms with Crippen LogP contribution in [0.3, 0.4) is 0 Å². The lowest BCUT2D eigenvalue weighted by molar-refractivity contribution is -0.142. The average molecular weight is 529 g/mol. The number of nitrogens with one attached hydrogen (secondary N) is 2. The normalized spacial score (nSPS) is 15.6. The summed E-state index contributed by atoms with van der Waals surface area (Å²) in [6, 6.07) is 3.73. The zero-order chi connectivity index (χ0) is 28.5. The maximum atomic E-state index is 14.0. The Balaban J connectivity index is 2.49. The number of hydrogen-bond donors (Lipinski definition) is 3. The molecule has 1 fully saturated rings. The molecule has 0 bridgehead atoms. The van der Waals surface area contributed by atoms with Crippen LogP contribution in [0, 0.1) is 13.8 Å². The van der Waals surface area contributed by atoms with Gasteiger partial charge in [-0.05, 0) is 65.0 Å². The van der Waals surface area contributed by atoms with E-state index in [2.05, 4.69) is 17.2 Å². The number of benzene rings is 1. The first kappa shape index (κ1) is 30.9. The van der Waals surface area contributed by atoms with Crippen LogP contribution in [0.4, 0.5) is 4.79 Å². The molecule has 0 aliphatic heterocycles. The Morgan fingerprint density at radius 3 is 2.39 bits per heavy atom. The van der Waals surface area contributed by atoms with E-state index in [1.165, 1.54) is 4.90 Å². The van der Waals surface area contributed by atoms with E-state index in [1.54, 1.807) is 26.8 Å². The average Bonchev–Trinajstić information content (AvgIpc) is 2.82. The lowest BCUT2D eigenvalue weighted by Crippen LogP contribution is -2.54. The molecule has 9 nitrogen and oxygen atoms in total. The molecule has 38 heavy (non-hydrogen) atoms. The third-order valence-electron chi connectivity index (χ3n) is 6.52. The first-order valence-corrected chi connectivity index (χ1v) is 13.4. The molecule has 0 saturated heterocycles. The van der Waals surface area contributed by atoms with Crippen molar-refractivity contribution < 1.29 is 23.9 Å². The number of alkyl carbamates (subject to hydrolysis) is 1. The summed E-state index contributed by atoms with van der Waals surface area (Å²) in [7, 11) is 0. The van der Waals surface area contributed by atoms with Crippen LogP contribution in [0.25, 0.3) is 0 Å². The maximum absolute atomic E-state index is 14.0. The third kappa shape index (κ3) is 9.50. The lowest BCUT2D eigenvalue weighted by Gasteiger charge is -2.35. The lowest BCUT2D eigenvalue weighted by atomic mass is 9.93. The summed E-state index contributed by atoms with van der Waals surface area (Å²) in [4.78, 5) is 53.5. The van der Waals surface area contributed by atoms with Gasteiger partial charge in [-0.15, -0.1) is 6.58 Å². The number of rotatable bonds is 11. The van der Waals surface area contributed by atoms with Gasteiger partial charge < -0.3 is 26.0 Å². The van der Waals surface area contributed by atoms with E-state index >= 15 is 0 Å². The number of hydrogen-bond acceptors (Lipinski definition) is 5. The van der Waals surface area contributed by atoms with Gasteiger partial charge in [-0.1, -0.05) is 49.1 Å². The van der Waals surface area contributed by atoms with E-state index in [0.717, 1.165) is 43.2 Å². The zero-order valence-electron chi connectivity index (χ0n) is 23.5. The molecule has 2 unspecified atom stereocenters. The molecular weight excluding hydrogens is 484 g/mol. The molecule has 2 rings (SSSR count). The highest BCUT2D eigenvalue weighted by Gasteiger charge is 2.37. The fraction of sp³-hybridized carbons (Fsp3) is 0.586. The molecule has 210 valence electrons. The number of amides is 4. The Bertz CT molecular complexity index is 1010. The van der Waals surface area contributed by atoms with Gasteiger partial charge in [-0.3, -0.25) is 14.4 Å². The van der Waals surface area contributed by atoms with Gasteiger partial charge in [0.15, 0.2) is 0 Å². The van der Waals surface area contributed by atoms with Crippen LogP contribution in [0.5, 0.6) is 0 Å². The number of carbonyl (C=O) groups excluding carboxylic acids is 4. The second kappa shape index (κ2) is 14.0. The summed E-state index contributed by atoms with van der Waals surface area (Å²) in [5.74, 6) is -1.42. The molecule has 0 heterocycles. The minimum absolute atomic E-state index is 0.0369. The fourth-order valence-electron chi connectivity index (χ4n) is 4.69. The van der Waals surface area contributed by atoms with Gasteiger partial charge in [0.25, 0.3) is 0 Å². The van der Waals surface area contributed by atoms with E-state index in [4.69, 9.17) is 10.5 Å². The summed E-state index contributed by atoms with van der Waals surface area (Å²) in [5.41, 5.74) is 7.07. The number of primary amides is 1. The molecule has 1 aliphatic carbocycles. The molecule has 0 spiro atoms. The predicted octanol–water partition coefficient (Wildman–Crippen LogP) is 3.97. The van der Waals surface area contributed by atoms with Crippen molar-refractivity contribution in [3.63, 3.8) is 0 Å². The Hall–Kier alpha value is -3.36. The van der Waals surface area contributed by atoms with Crippen molar-refractivity contribution in [2.75, 3.05) is 6.54 Å². The topological polar surface area (TPSA) is 131 Å². The van der Waals surface area contributed by atoms with Gasteiger partial charge in [0.1, 0.15) is 17.7 Å². The molecule has 0 aromatic heterocycles. The highest BCUT2D eigenvalue weighted by Crippen LogP contribution is 2.28. The van der Waals surface area contributed by atoms with Crippen LogP contribution < -0.4 is 16.4 Å². The van der Waals surface area contributed by atoms with Gasteiger partial charge >= 0.3 is 6.09 Å². The van der Waals surface area contributed by atoms with Crippen LogP contribution in [0.15, 0.2) is 30.9 Å². The minimum Gasteiger partial charge on any atom is -0.444 e. The van der Waals surface area contributed by atoms with E-state index in [0.29, 0.717) is 5.56 Å². The Morgan fingerprint density at radius 2 is 1.82 bits per heavy atom. The SMILES string of the molecule is C=CCN(C(=O)C(CCC(N)=O)NC(=O)OC(C)(C)C)C(C(=O)NC1CCCCC1)c1cc(C)ccc1C. The van der Waals surface area contributed by atoms with Crippen molar-refractivity contribution in [1.29, 1.82) is 0 Å². The van der Waals surface area contributed by atoms with Crippen LogP contribution in [-0.4, -0.2) is 52.9 Å². The number of nitrogens with zero attached hydrogens (tertiary/aromatic N) is 1. The highest BCUT2D eigenvalue weighted by molar-refractivity contribution is 5.93. The molecule has 1 aromatic carbocycles. The summed E-state index contributed by atoms with van der Waals surface area (Å²) < 4.78 is 5.36. The number of carbonyl (C=O) groups is 4. The van der Waals surface area contributed by atoms with Crippen molar-refractivity contribution in [2.24, 2.45) is 5.73 Å². The largest absolute Gasteiger partial charge is 0.444 e. The van der Waals surface area contributed by atoms with Gasteiger partial charge in [0, 0.05) is 19.0 Å². The predicted molar refractivity (Wildman–Crippen MR) is 147 cm³/mol. The maximum Gasteiger partial charge on any atom is 0.408 e. The van der Waals surface area contributed by atoms with Crippen LogP contribution in [0.2, 0.25) is 0 Å². The van der Waals surface area contributed by atoms with Crippen molar-refractivity contribution in [1.82, 2.24) is 15.5 Å². The Kier molecular flexibility index (Phi) is 11.4. The molecule has 0 radical (unpaired) electrons. The van der Waals surface area contributed by atoms with E-state index < -0.39 is 35.6 Å².